The molecule has 2 aliphatic heterocycles. The molecular weight excluding hydrogens is 188 g/mol. The molecule has 0 saturated carbocycles. The van der Waals surface area contributed by atoms with Crippen LogP contribution in [0.15, 0.2) is 0 Å². The Bertz CT molecular complexity index is 251. The minimum Gasteiger partial charge on any atom is -0.305 e. The lowest BCUT2D eigenvalue weighted by atomic mass is 9.81. The number of hydrogen-bond donors (Lipinski definition) is 0. The van der Waals surface area contributed by atoms with Crippen molar-refractivity contribution in [2.45, 2.75) is 26.3 Å². The second kappa shape index (κ2) is 3.56. The van der Waals surface area contributed by atoms with Crippen molar-refractivity contribution in [2.24, 2.45) is 11.8 Å². The third-order valence-corrected chi connectivity index (χ3v) is 3.70. The van der Waals surface area contributed by atoms with E-state index in [1.807, 2.05) is 0 Å². The normalized spacial score (nSPS) is 34.5. The Morgan fingerprint density at radius 3 is 1.93 bits per heavy atom. The van der Waals surface area contributed by atoms with E-state index in [0.29, 0.717) is 5.78 Å². The molecule has 2 heterocycles. The van der Waals surface area contributed by atoms with Gasteiger partial charge in [-0.25, -0.2) is 0 Å². The SMILES string of the molecule is CN1CC2CN(C(C)(C)C)CC(C1)C2=O. The fourth-order valence-electron chi connectivity index (χ4n) is 2.79. The monoisotopic (exact) mass is 210 g/mol. The van der Waals surface area contributed by atoms with E-state index in [2.05, 4.69) is 37.6 Å². The molecule has 2 fully saturated rings. The average Bonchev–Trinajstić information content (AvgIpc) is 2.05. The lowest BCUT2D eigenvalue weighted by Crippen LogP contribution is -2.61. The molecule has 0 aliphatic carbocycles. The number of Topliss-reactive ketones (excluding diaryl/α,β-unsaturated/α-hetero) is 1. The summed E-state index contributed by atoms with van der Waals surface area (Å²) < 4.78 is 0. The molecule has 0 N–H and O–H groups in total. The molecule has 86 valence electrons. The topological polar surface area (TPSA) is 23.6 Å². The Labute approximate surface area is 92.4 Å². The maximum Gasteiger partial charge on any atom is 0.144 e. The number of fused-ring (bicyclic) bond motifs is 2. The zero-order valence-corrected chi connectivity index (χ0v) is 10.3. The summed E-state index contributed by atoms with van der Waals surface area (Å²) in [5, 5.41) is 0. The van der Waals surface area contributed by atoms with Crippen molar-refractivity contribution in [1.82, 2.24) is 9.80 Å². The first-order valence-electron chi connectivity index (χ1n) is 5.85. The van der Waals surface area contributed by atoms with Crippen LogP contribution in [0.3, 0.4) is 0 Å². The van der Waals surface area contributed by atoms with E-state index in [1.165, 1.54) is 0 Å². The fraction of sp³-hybridized carbons (Fsp3) is 0.917. The Hall–Kier alpha value is -0.410. The van der Waals surface area contributed by atoms with Gasteiger partial charge in [-0.2, -0.15) is 0 Å². The smallest absolute Gasteiger partial charge is 0.144 e. The largest absolute Gasteiger partial charge is 0.305 e. The summed E-state index contributed by atoms with van der Waals surface area (Å²) in [6, 6.07) is 0. The second-order valence-corrected chi connectivity index (χ2v) is 6.09. The van der Waals surface area contributed by atoms with E-state index in [-0.39, 0.29) is 17.4 Å². The highest BCUT2D eigenvalue weighted by Crippen LogP contribution is 2.28. The zero-order chi connectivity index (χ0) is 11.2. The van der Waals surface area contributed by atoms with Crippen molar-refractivity contribution in [3.05, 3.63) is 0 Å². The number of hydrogen-bond acceptors (Lipinski definition) is 3. The van der Waals surface area contributed by atoms with Gasteiger partial charge in [0.05, 0.1) is 0 Å². The summed E-state index contributed by atoms with van der Waals surface area (Å²) in [5.41, 5.74) is 0.201. The molecule has 15 heavy (non-hydrogen) atoms. The molecule has 2 atom stereocenters. The molecular formula is C12H22N2O. The van der Waals surface area contributed by atoms with Crippen molar-refractivity contribution >= 4 is 5.78 Å². The van der Waals surface area contributed by atoms with Crippen LogP contribution in [0.5, 0.6) is 0 Å². The zero-order valence-electron chi connectivity index (χ0n) is 10.3. The van der Waals surface area contributed by atoms with Gasteiger partial charge in [0, 0.05) is 43.6 Å². The molecule has 3 heteroatoms. The Kier molecular flexibility index (Phi) is 2.63. The van der Waals surface area contributed by atoms with Crippen molar-refractivity contribution in [2.75, 3.05) is 33.2 Å². The number of nitrogens with zero attached hydrogens (tertiary/aromatic N) is 2. The van der Waals surface area contributed by atoms with E-state index >= 15 is 0 Å². The molecule has 0 aromatic rings. The highest BCUT2D eigenvalue weighted by Gasteiger charge is 2.42. The van der Waals surface area contributed by atoms with Crippen LogP contribution in [-0.4, -0.2) is 54.3 Å². The lowest BCUT2D eigenvalue weighted by Gasteiger charge is -2.48. The van der Waals surface area contributed by atoms with E-state index in [1.54, 1.807) is 0 Å². The first-order chi connectivity index (χ1) is 6.88. The van der Waals surface area contributed by atoms with Gasteiger partial charge in [-0.3, -0.25) is 9.69 Å². The molecule has 2 rings (SSSR count). The van der Waals surface area contributed by atoms with E-state index < -0.39 is 0 Å². The standard InChI is InChI=1S/C12H22N2O/c1-12(2,3)14-7-9-5-13(4)6-10(8-14)11(9)15/h9-10H,5-8H2,1-4H3. The number of carbonyl (C=O) groups is 1. The Morgan fingerprint density at radius 1 is 1.07 bits per heavy atom. The number of carbonyl (C=O) groups excluding carboxylic acids is 1. The maximum atomic E-state index is 12.0. The van der Waals surface area contributed by atoms with Crippen LogP contribution in [-0.2, 0) is 4.79 Å². The summed E-state index contributed by atoms with van der Waals surface area (Å²) in [6.45, 7) is 10.5. The third kappa shape index (κ3) is 2.08. The van der Waals surface area contributed by atoms with Gasteiger partial charge in [0.15, 0.2) is 0 Å². The van der Waals surface area contributed by atoms with Gasteiger partial charge in [-0.05, 0) is 27.8 Å². The Balaban J connectivity index is 2.13. The van der Waals surface area contributed by atoms with Crippen molar-refractivity contribution in [3.8, 4) is 0 Å². The van der Waals surface area contributed by atoms with E-state index in [4.69, 9.17) is 0 Å². The van der Waals surface area contributed by atoms with Crippen LogP contribution in [0.1, 0.15) is 20.8 Å². The quantitative estimate of drug-likeness (QED) is 0.592. The minimum absolute atomic E-state index is 0.201. The first-order valence-corrected chi connectivity index (χ1v) is 5.85. The van der Waals surface area contributed by atoms with Gasteiger partial charge in [-0.15, -0.1) is 0 Å². The molecule has 0 aromatic carbocycles. The summed E-state index contributed by atoms with van der Waals surface area (Å²) >= 11 is 0. The van der Waals surface area contributed by atoms with Gasteiger partial charge >= 0.3 is 0 Å². The molecule has 0 aromatic heterocycles. The third-order valence-electron chi connectivity index (χ3n) is 3.70. The van der Waals surface area contributed by atoms with Gasteiger partial charge in [0.25, 0.3) is 0 Å². The van der Waals surface area contributed by atoms with Gasteiger partial charge in [0.2, 0.25) is 0 Å². The number of ketones is 1. The molecule has 2 bridgehead atoms. The van der Waals surface area contributed by atoms with Crippen molar-refractivity contribution in [1.29, 1.82) is 0 Å². The summed E-state index contributed by atoms with van der Waals surface area (Å²) in [7, 11) is 2.12. The maximum absolute atomic E-state index is 12.0. The van der Waals surface area contributed by atoms with E-state index in [9.17, 15) is 4.79 Å². The lowest BCUT2D eigenvalue weighted by molar-refractivity contribution is -0.139. The van der Waals surface area contributed by atoms with Crippen LogP contribution >= 0.6 is 0 Å². The average molecular weight is 210 g/mol. The van der Waals surface area contributed by atoms with Crippen LogP contribution < -0.4 is 0 Å². The molecule has 0 radical (unpaired) electrons. The van der Waals surface area contributed by atoms with E-state index in [0.717, 1.165) is 26.2 Å². The summed E-state index contributed by atoms with van der Waals surface area (Å²) in [6.07, 6.45) is 0. The fourth-order valence-corrected chi connectivity index (χ4v) is 2.79. The highest BCUT2D eigenvalue weighted by molar-refractivity contribution is 5.85. The Morgan fingerprint density at radius 2 is 1.53 bits per heavy atom. The molecule has 2 unspecified atom stereocenters. The van der Waals surface area contributed by atoms with Crippen LogP contribution in [0.2, 0.25) is 0 Å². The predicted octanol–water partition coefficient (Wildman–Crippen LogP) is 0.847. The van der Waals surface area contributed by atoms with Crippen molar-refractivity contribution in [3.63, 3.8) is 0 Å². The number of rotatable bonds is 0. The van der Waals surface area contributed by atoms with Gasteiger partial charge in [-0.1, -0.05) is 0 Å². The van der Waals surface area contributed by atoms with Gasteiger partial charge < -0.3 is 4.90 Å². The molecule has 2 saturated heterocycles. The van der Waals surface area contributed by atoms with Crippen molar-refractivity contribution < 1.29 is 4.79 Å². The number of likely N-dealkylation sites (tertiary alicyclic amines) is 2. The van der Waals surface area contributed by atoms with Crippen LogP contribution in [0.4, 0.5) is 0 Å². The molecule has 2 aliphatic rings. The predicted molar refractivity (Wildman–Crippen MR) is 60.8 cm³/mol. The van der Waals surface area contributed by atoms with Gasteiger partial charge in [0.1, 0.15) is 5.78 Å². The molecule has 0 spiro atoms. The first kappa shape index (κ1) is 11.1. The highest BCUT2D eigenvalue weighted by atomic mass is 16.1. The van der Waals surface area contributed by atoms with Crippen LogP contribution in [0.25, 0.3) is 0 Å². The van der Waals surface area contributed by atoms with Crippen LogP contribution in [0, 0.1) is 11.8 Å². The second-order valence-electron chi connectivity index (χ2n) is 6.09. The number of piperidine rings is 2. The molecule has 0 amide bonds. The minimum atomic E-state index is 0.201. The molecule has 3 nitrogen and oxygen atoms in total. The summed E-state index contributed by atoms with van der Waals surface area (Å²) in [4.78, 5) is 16.7. The summed E-state index contributed by atoms with van der Waals surface area (Å²) in [5.74, 6) is 1.01.